The minimum absolute atomic E-state index is 0.0184. The molecule has 150 valence electrons. The number of hydrogen-bond donors (Lipinski definition) is 2. The number of carboxylic acids is 1. The van der Waals surface area contributed by atoms with Crippen molar-refractivity contribution in [1.82, 2.24) is 4.57 Å². The maximum atomic E-state index is 12.6. The topological polar surface area (TPSA) is 95.1 Å². The van der Waals surface area contributed by atoms with Crippen molar-refractivity contribution in [2.75, 3.05) is 5.32 Å². The van der Waals surface area contributed by atoms with Crippen LogP contribution in [0, 0.1) is 32.1 Å². The SMILES string of the molecule is Cc1ccc(NC(=O)/C(C#N)=C/c2cc(C)n(-c3cccc(C(=O)O)c3)c2C)cc1. The van der Waals surface area contributed by atoms with Crippen molar-refractivity contribution in [2.45, 2.75) is 20.8 Å². The molecular weight excluding hydrogens is 378 g/mol. The Balaban J connectivity index is 1.94. The molecule has 6 nitrogen and oxygen atoms in total. The average molecular weight is 399 g/mol. The number of nitrogens with zero attached hydrogens (tertiary/aromatic N) is 2. The van der Waals surface area contributed by atoms with Crippen molar-refractivity contribution in [3.05, 3.63) is 88.2 Å². The molecule has 1 amide bonds. The van der Waals surface area contributed by atoms with E-state index in [0.29, 0.717) is 16.9 Å². The van der Waals surface area contributed by atoms with Crippen LogP contribution in [0.2, 0.25) is 0 Å². The Bertz CT molecular complexity index is 1200. The summed E-state index contributed by atoms with van der Waals surface area (Å²) in [5.74, 6) is -1.49. The number of carbonyl (C=O) groups is 2. The molecule has 0 saturated heterocycles. The number of aryl methyl sites for hydroxylation is 2. The van der Waals surface area contributed by atoms with Gasteiger partial charge in [-0.1, -0.05) is 23.8 Å². The number of aromatic carboxylic acids is 1. The van der Waals surface area contributed by atoms with Gasteiger partial charge in [0.05, 0.1) is 5.56 Å². The highest BCUT2D eigenvalue weighted by atomic mass is 16.4. The Kier molecular flexibility index (Phi) is 5.84. The van der Waals surface area contributed by atoms with Crippen molar-refractivity contribution < 1.29 is 14.7 Å². The maximum absolute atomic E-state index is 12.6. The fraction of sp³-hybridized carbons (Fsp3) is 0.125. The van der Waals surface area contributed by atoms with Crippen LogP contribution in [-0.2, 0) is 4.79 Å². The van der Waals surface area contributed by atoms with Crippen LogP contribution in [0.3, 0.4) is 0 Å². The zero-order valence-electron chi connectivity index (χ0n) is 16.9. The van der Waals surface area contributed by atoms with Crippen molar-refractivity contribution >= 4 is 23.6 Å². The monoisotopic (exact) mass is 399 g/mol. The number of rotatable bonds is 5. The van der Waals surface area contributed by atoms with Crippen LogP contribution in [0.4, 0.5) is 5.69 Å². The van der Waals surface area contributed by atoms with Gasteiger partial charge in [-0.15, -0.1) is 0 Å². The lowest BCUT2D eigenvalue weighted by molar-refractivity contribution is -0.112. The first kappa shape index (κ1) is 20.6. The highest BCUT2D eigenvalue weighted by Gasteiger charge is 2.15. The van der Waals surface area contributed by atoms with E-state index < -0.39 is 11.9 Å². The second-order valence-corrected chi connectivity index (χ2v) is 7.01. The van der Waals surface area contributed by atoms with Gasteiger partial charge < -0.3 is 15.0 Å². The third-order valence-corrected chi connectivity index (χ3v) is 4.80. The molecule has 1 heterocycles. The quantitative estimate of drug-likeness (QED) is 0.482. The molecule has 0 aliphatic carbocycles. The predicted octanol–water partition coefficient (Wildman–Crippen LogP) is 4.65. The molecule has 2 N–H and O–H groups in total. The Hall–Kier alpha value is -4.11. The molecule has 2 aromatic carbocycles. The molecule has 0 atom stereocenters. The zero-order valence-corrected chi connectivity index (χ0v) is 16.9. The fourth-order valence-corrected chi connectivity index (χ4v) is 3.25. The van der Waals surface area contributed by atoms with Crippen LogP contribution in [0.1, 0.15) is 32.9 Å². The van der Waals surface area contributed by atoms with E-state index in [9.17, 15) is 20.0 Å². The number of aromatic nitrogens is 1. The molecule has 0 saturated carbocycles. The van der Waals surface area contributed by atoms with Gasteiger partial charge in [0, 0.05) is 22.8 Å². The van der Waals surface area contributed by atoms with Gasteiger partial charge in [-0.05, 0) is 68.8 Å². The van der Waals surface area contributed by atoms with Crippen molar-refractivity contribution in [1.29, 1.82) is 5.26 Å². The van der Waals surface area contributed by atoms with Crippen molar-refractivity contribution in [3.63, 3.8) is 0 Å². The Morgan fingerprint density at radius 3 is 2.40 bits per heavy atom. The van der Waals surface area contributed by atoms with Crippen molar-refractivity contribution in [2.24, 2.45) is 0 Å². The highest BCUT2D eigenvalue weighted by Crippen LogP contribution is 2.24. The summed E-state index contributed by atoms with van der Waals surface area (Å²) in [6.45, 7) is 5.70. The standard InChI is InChI=1S/C24H21N3O3/c1-15-7-9-21(10-8-15)26-23(28)20(14-25)12-19-11-16(2)27(17(19)3)22-6-4-5-18(13-22)24(29)30/h4-13H,1-3H3,(H,26,28)(H,29,30)/b20-12+. The molecule has 0 aliphatic heterocycles. The summed E-state index contributed by atoms with van der Waals surface area (Å²) in [5, 5.41) is 21.5. The predicted molar refractivity (Wildman–Crippen MR) is 116 cm³/mol. The fourth-order valence-electron chi connectivity index (χ4n) is 3.25. The summed E-state index contributed by atoms with van der Waals surface area (Å²) in [5.41, 5.74) is 4.92. The second-order valence-electron chi connectivity index (χ2n) is 7.01. The van der Waals surface area contributed by atoms with Crippen LogP contribution in [0.5, 0.6) is 0 Å². The third kappa shape index (κ3) is 4.31. The van der Waals surface area contributed by atoms with Crippen LogP contribution >= 0.6 is 0 Å². The van der Waals surface area contributed by atoms with E-state index in [1.54, 1.807) is 30.3 Å². The van der Waals surface area contributed by atoms with E-state index in [2.05, 4.69) is 5.32 Å². The molecule has 0 aliphatic rings. The molecule has 0 fully saturated rings. The number of carboxylic acid groups (broad SMARTS) is 1. The molecule has 0 spiro atoms. The molecule has 30 heavy (non-hydrogen) atoms. The number of anilines is 1. The molecule has 6 heteroatoms. The van der Waals surface area contributed by atoms with E-state index >= 15 is 0 Å². The van der Waals surface area contributed by atoms with Gasteiger partial charge in [0.15, 0.2) is 0 Å². The van der Waals surface area contributed by atoms with Gasteiger partial charge in [-0.25, -0.2) is 4.79 Å². The molecular formula is C24H21N3O3. The molecule has 0 bridgehead atoms. The summed E-state index contributed by atoms with van der Waals surface area (Å²) in [6, 6.07) is 17.8. The van der Waals surface area contributed by atoms with E-state index in [1.165, 1.54) is 6.07 Å². The number of nitriles is 1. The zero-order chi connectivity index (χ0) is 21.8. The number of amides is 1. The number of hydrogen-bond acceptors (Lipinski definition) is 3. The third-order valence-electron chi connectivity index (χ3n) is 4.80. The van der Waals surface area contributed by atoms with Gasteiger partial charge in [0.1, 0.15) is 11.6 Å². The van der Waals surface area contributed by atoms with E-state index in [-0.39, 0.29) is 11.1 Å². The maximum Gasteiger partial charge on any atom is 0.335 e. The van der Waals surface area contributed by atoms with Gasteiger partial charge >= 0.3 is 5.97 Å². The van der Waals surface area contributed by atoms with Gasteiger partial charge in [-0.3, -0.25) is 4.79 Å². The number of benzene rings is 2. The van der Waals surface area contributed by atoms with Gasteiger partial charge in [0.2, 0.25) is 0 Å². The van der Waals surface area contributed by atoms with Gasteiger partial charge in [0.25, 0.3) is 5.91 Å². The van der Waals surface area contributed by atoms with E-state index in [4.69, 9.17) is 0 Å². The van der Waals surface area contributed by atoms with Crippen LogP contribution in [0.15, 0.2) is 60.2 Å². The molecule has 0 radical (unpaired) electrons. The summed E-state index contributed by atoms with van der Waals surface area (Å²) >= 11 is 0. The van der Waals surface area contributed by atoms with Crippen molar-refractivity contribution in [3.8, 4) is 11.8 Å². The minimum atomic E-state index is -1.00. The smallest absolute Gasteiger partial charge is 0.335 e. The lowest BCUT2D eigenvalue weighted by atomic mass is 10.1. The number of carbonyl (C=O) groups excluding carboxylic acids is 1. The molecule has 1 aromatic heterocycles. The second kappa shape index (κ2) is 8.50. The first-order valence-electron chi connectivity index (χ1n) is 9.32. The summed E-state index contributed by atoms with van der Waals surface area (Å²) in [6.07, 6.45) is 1.55. The molecule has 3 aromatic rings. The normalized spacial score (nSPS) is 11.1. The van der Waals surface area contributed by atoms with Crippen LogP contribution in [-0.4, -0.2) is 21.6 Å². The Morgan fingerprint density at radius 2 is 1.77 bits per heavy atom. The first-order valence-corrected chi connectivity index (χ1v) is 9.32. The largest absolute Gasteiger partial charge is 0.478 e. The van der Waals surface area contributed by atoms with Crippen LogP contribution in [0.25, 0.3) is 11.8 Å². The van der Waals surface area contributed by atoms with Gasteiger partial charge in [-0.2, -0.15) is 5.26 Å². The number of nitrogens with one attached hydrogen (secondary N) is 1. The average Bonchev–Trinajstić information content (AvgIpc) is 3.00. The lowest BCUT2D eigenvalue weighted by Gasteiger charge is -2.10. The minimum Gasteiger partial charge on any atom is -0.478 e. The van der Waals surface area contributed by atoms with E-state index in [1.807, 2.05) is 55.7 Å². The summed E-state index contributed by atoms with van der Waals surface area (Å²) in [4.78, 5) is 23.8. The Morgan fingerprint density at radius 1 is 1.07 bits per heavy atom. The van der Waals surface area contributed by atoms with E-state index in [0.717, 1.165) is 17.0 Å². The summed E-state index contributed by atoms with van der Waals surface area (Å²) in [7, 11) is 0. The lowest BCUT2D eigenvalue weighted by Crippen LogP contribution is -2.13. The first-order chi connectivity index (χ1) is 14.3. The summed E-state index contributed by atoms with van der Waals surface area (Å²) < 4.78 is 1.89. The molecule has 0 unspecified atom stereocenters. The highest BCUT2D eigenvalue weighted by molar-refractivity contribution is 6.09. The van der Waals surface area contributed by atoms with Crippen LogP contribution < -0.4 is 5.32 Å². The molecule has 3 rings (SSSR count). The Labute approximate surface area is 174 Å².